The first-order chi connectivity index (χ1) is 9.15. The zero-order valence-electron chi connectivity index (χ0n) is 10.8. The number of likely N-dealkylation sites (tertiary alicyclic amines) is 1. The zero-order valence-corrected chi connectivity index (χ0v) is 12.4. The van der Waals surface area contributed by atoms with Crippen LogP contribution in [-0.4, -0.2) is 43.7 Å². The van der Waals surface area contributed by atoms with Crippen LogP contribution < -0.4 is 4.72 Å². The quantitative estimate of drug-likeness (QED) is 0.514. The van der Waals surface area contributed by atoms with Gasteiger partial charge in [0, 0.05) is 24.5 Å². The number of carbonyl (C=O) groups is 1. The van der Waals surface area contributed by atoms with Crippen LogP contribution in [0.25, 0.3) is 0 Å². The molecule has 0 aromatic heterocycles. The summed E-state index contributed by atoms with van der Waals surface area (Å²) in [6.07, 6.45) is 0.640. The van der Waals surface area contributed by atoms with Gasteiger partial charge in [-0.05, 0) is 49.2 Å². The van der Waals surface area contributed by atoms with Crippen molar-refractivity contribution in [3.8, 4) is 0 Å². The van der Waals surface area contributed by atoms with Crippen molar-refractivity contribution in [2.75, 3.05) is 32.6 Å². The third kappa shape index (κ3) is 6.92. The van der Waals surface area contributed by atoms with Crippen molar-refractivity contribution in [1.82, 2.24) is 9.62 Å². The van der Waals surface area contributed by atoms with Gasteiger partial charge in [-0.25, -0.2) is 4.39 Å². The first-order valence-electron chi connectivity index (χ1n) is 5.99. The molecule has 0 atom stereocenters. The van der Waals surface area contributed by atoms with E-state index in [1.807, 2.05) is 0 Å². The van der Waals surface area contributed by atoms with Gasteiger partial charge < -0.3 is 9.69 Å². The van der Waals surface area contributed by atoms with Crippen LogP contribution >= 0.6 is 23.5 Å². The van der Waals surface area contributed by atoms with Gasteiger partial charge in [-0.15, -0.1) is 11.6 Å². The predicted octanol–water partition coefficient (Wildman–Crippen LogP) is 2.41. The maximum absolute atomic E-state index is 12.6. The molecule has 1 aliphatic heterocycles. The van der Waals surface area contributed by atoms with Gasteiger partial charge in [0.15, 0.2) is 0 Å². The van der Waals surface area contributed by atoms with Crippen LogP contribution in [0.4, 0.5) is 4.39 Å². The molecule has 0 bridgehead atoms. The van der Waals surface area contributed by atoms with Crippen molar-refractivity contribution in [2.24, 2.45) is 5.92 Å². The lowest BCUT2D eigenvalue weighted by atomic mass is 10.0. The number of nitrogens with zero attached hydrogens (tertiary/aromatic N) is 1. The van der Waals surface area contributed by atoms with E-state index in [4.69, 9.17) is 16.4 Å². The van der Waals surface area contributed by atoms with Crippen molar-refractivity contribution >= 4 is 29.8 Å². The van der Waals surface area contributed by atoms with Crippen LogP contribution in [0.2, 0.25) is 0 Å². The number of halogens is 2. The molecular formula is C13H18ClFN2OS. The summed E-state index contributed by atoms with van der Waals surface area (Å²) in [5.74, 6) is 0.697. The van der Waals surface area contributed by atoms with E-state index in [9.17, 15) is 4.39 Å². The standard InChI is InChI=1S/C11H15FN2S.C2H3ClO/c1-14-7-9(8-14)6-13-15-11-4-2-10(12)3-5-11;3-1-2-4/h2-5,9,13H,6-8H2,1H3;2H,1H2. The summed E-state index contributed by atoms with van der Waals surface area (Å²) in [6, 6.07) is 6.56. The van der Waals surface area contributed by atoms with Gasteiger partial charge in [0.25, 0.3) is 0 Å². The minimum Gasteiger partial charge on any atom is -0.306 e. The molecule has 0 amide bonds. The van der Waals surface area contributed by atoms with E-state index >= 15 is 0 Å². The largest absolute Gasteiger partial charge is 0.306 e. The normalized spacial score (nSPS) is 15.3. The van der Waals surface area contributed by atoms with Crippen LogP contribution in [-0.2, 0) is 4.79 Å². The molecule has 3 nitrogen and oxygen atoms in total. The Hall–Kier alpha value is -0.620. The lowest BCUT2D eigenvalue weighted by Gasteiger charge is -2.36. The van der Waals surface area contributed by atoms with Gasteiger partial charge in [0.1, 0.15) is 12.1 Å². The molecule has 1 aromatic carbocycles. The summed E-state index contributed by atoms with van der Waals surface area (Å²) < 4.78 is 15.9. The summed E-state index contributed by atoms with van der Waals surface area (Å²) in [5, 5.41) is 0. The number of hydrogen-bond donors (Lipinski definition) is 1. The molecule has 1 saturated heterocycles. The molecule has 19 heavy (non-hydrogen) atoms. The van der Waals surface area contributed by atoms with Gasteiger partial charge in [-0.3, -0.25) is 4.72 Å². The summed E-state index contributed by atoms with van der Waals surface area (Å²) in [6.45, 7) is 3.38. The molecule has 1 heterocycles. The van der Waals surface area contributed by atoms with E-state index in [0.29, 0.717) is 6.29 Å². The number of hydrogen-bond acceptors (Lipinski definition) is 4. The molecule has 106 valence electrons. The molecule has 1 N–H and O–H groups in total. The van der Waals surface area contributed by atoms with Crippen LogP contribution in [0, 0.1) is 11.7 Å². The SMILES string of the molecule is CN1CC(CNSc2ccc(F)cc2)C1.O=CCCl. The highest BCUT2D eigenvalue weighted by molar-refractivity contribution is 7.97. The predicted molar refractivity (Wildman–Crippen MR) is 78.0 cm³/mol. The van der Waals surface area contributed by atoms with Crippen LogP contribution in [0.3, 0.4) is 0 Å². The highest BCUT2D eigenvalue weighted by atomic mass is 35.5. The lowest BCUT2D eigenvalue weighted by Crippen LogP contribution is -2.47. The Labute approximate surface area is 122 Å². The van der Waals surface area contributed by atoms with Crippen LogP contribution in [0.15, 0.2) is 29.2 Å². The number of benzene rings is 1. The average molecular weight is 305 g/mol. The molecular weight excluding hydrogens is 287 g/mol. The Balaban J connectivity index is 0.000000399. The highest BCUT2D eigenvalue weighted by Gasteiger charge is 2.22. The van der Waals surface area contributed by atoms with E-state index in [1.54, 1.807) is 24.1 Å². The fourth-order valence-corrected chi connectivity index (χ4v) is 2.46. The van der Waals surface area contributed by atoms with Crippen molar-refractivity contribution in [3.05, 3.63) is 30.1 Å². The molecule has 1 fully saturated rings. The molecule has 2 rings (SSSR count). The Morgan fingerprint density at radius 2 is 2.05 bits per heavy atom. The zero-order chi connectivity index (χ0) is 14.1. The molecule has 0 radical (unpaired) electrons. The van der Waals surface area contributed by atoms with E-state index in [-0.39, 0.29) is 11.7 Å². The van der Waals surface area contributed by atoms with E-state index in [1.165, 1.54) is 25.2 Å². The maximum Gasteiger partial charge on any atom is 0.134 e. The van der Waals surface area contributed by atoms with Crippen molar-refractivity contribution in [1.29, 1.82) is 0 Å². The molecule has 1 aromatic rings. The van der Waals surface area contributed by atoms with E-state index in [2.05, 4.69) is 16.7 Å². The topological polar surface area (TPSA) is 32.3 Å². The Morgan fingerprint density at radius 3 is 2.53 bits per heavy atom. The summed E-state index contributed by atoms with van der Waals surface area (Å²) >= 11 is 6.39. The number of rotatable bonds is 5. The van der Waals surface area contributed by atoms with Crippen LogP contribution in [0.1, 0.15) is 0 Å². The second kappa shape index (κ2) is 9.31. The van der Waals surface area contributed by atoms with E-state index in [0.717, 1.165) is 17.4 Å². The first kappa shape index (κ1) is 16.4. The first-order valence-corrected chi connectivity index (χ1v) is 7.34. The molecule has 6 heteroatoms. The second-order valence-corrected chi connectivity index (χ2v) is 5.59. The van der Waals surface area contributed by atoms with Gasteiger partial charge in [-0.1, -0.05) is 0 Å². The molecule has 0 saturated carbocycles. The van der Waals surface area contributed by atoms with Gasteiger partial charge >= 0.3 is 0 Å². The minimum atomic E-state index is -0.181. The number of nitrogens with one attached hydrogen (secondary N) is 1. The molecule has 0 spiro atoms. The fourth-order valence-electron chi connectivity index (χ4n) is 1.70. The second-order valence-electron chi connectivity index (χ2n) is 4.31. The molecule has 0 aliphatic carbocycles. The smallest absolute Gasteiger partial charge is 0.134 e. The van der Waals surface area contributed by atoms with Crippen molar-refractivity contribution < 1.29 is 9.18 Å². The molecule has 1 aliphatic rings. The number of carbonyl (C=O) groups excluding carboxylic acids is 1. The Kier molecular flexibility index (Phi) is 8.05. The Morgan fingerprint density at radius 1 is 1.47 bits per heavy atom. The van der Waals surface area contributed by atoms with Gasteiger partial charge in [0.05, 0.1) is 5.88 Å². The fraction of sp³-hybridized carbons (Fsp3) is 0.462. The summed E-state index contributed by atoms with van der Waals surface area (Å²) in [5.41, 5.74) is 0. The number of aldehydes is 1. The molecule has 0 unspecified atom stereocenters. The minimum absolute atomic E-state index is 0.111. The van der Waals surface area contributed by atoms with Gasteiger partial charge in [-0.2, -0.15) is 0 Å². The number of alkyl halides is 1. The third-order valence-corrected chi connectivity index (χ3v) is 3.52. The third-order valence-electron chi connectivity index (χ3n) is 2.58. The lowest BCUT2D eigenvalue weighted by molar-refractivity contribution is -0.105. The van der Waals surface area contributed by atoms with Crippen LogP contribution in [0.5, 0.6) is 0 Å². The Bertz CT molecular complexity index is 371. The van der Waals surface area contributed by atoms with Crippen molar-refractivity contribution in [2.45, 2.75) is 4.90 Å². The monoisotopic (exact) mass is 304 g/mol. The maximum atomic E-state index is 12.6. The highest BCUT2D eigenvalue weighted by Crippen LogP contribution is 2.17. The summed E-state index contributed by atoms with van der Waals surface area (Å²) in [4.78, 5) is 12.4. The van der Waals surface area contributed by atoms with Crippen molar-refractivity contribution in [3.63, 3.8) is 0 Å². The van der Waals surface area contributed by atoms with E-state index < -0.39 is 0 Å². The summed E-state index contributed by atoms with van der Waals surface area (Å²) in [7, 11) is 2.13. The van der Waals surface area contributed by atoms with Gasteiger partial charge in [0.2, 0.25) is 0 Å². The average Bonchev–Trinajstić information content (AvgIpc) is 2.39.